The van der Waals surface area contributed by atoms with Crippen molar-refractivity contribution < 1.29 is 23.5 Å². The predicted molar refractivity (Wildman–Crippen MR) is 120 cm³/mol. The minimum Gasteiger partial charge on any atom is -0.488 e. The minimum atomic E-state index is -0.598. The van der Waals surface area contributed by atoms with Gasteiger partial charge in [0.25, 0.3) is 5.91 Å². The van der Waals surface area contributed by atoms with Crippen LogP contribution in [0.15, 0.2) is 54.2 Å². The molecule has 3 aromatic rings. The number of ether oxygens (including phenoxy) is 2. The molecule has 4 rings (SSSR count). The zero-order valence-electron chi connectivity index (χ0n) is 17.4. The Labute approximate surface area is 189 Å². The van der Waals surface area contributed by atoms with Gasteiger partial charge in [0.2, 0.25) is 0 Å². The van der Waals surface area contributed by atoms with E-state index in [-0.39, 0.29) is 24.6 Å². The maximum atomic E-state index is 13.9. The van der Waals surface area contributed by atoms with Crippen molar-refractivity contribution in [1.29, 1.82) is 0 Å². The van der Waals surface area contributed by atoms with Crippen molar-refractivity contribution in [2.24, 2.45) is 7.05 Å². The summed E-state index contributed by atoms with van der Waals surface area (Å²) in [6.07, 6.45) is 3.34. The lowest BCUT2D eigenvalue weighted by molar-refractivity contribution is -0.113. The van der Waals surface area contributed by atoms with Gasteiger partial charge in [-0.3, -0.25) is 4.79 Å². The molecule has 1 aliphatic rings. The number of hydrogen-bond acceptors (Lipinski definition) is 4. The van der Waals surface area contributed by atoms with E-state index < -0.39 is 17.7 Å². The smallest absolute Gasteiger partial charge is 0.357 e. The molecule has 0 spiro atoms. The van der Waals surface area contributed by atoms with E-state index in [0.717, 1.165) is 0 Å². The second-order valence-corrected chi connectivity index (χ2v) is 7.64. The maximum absolute atomic E-state index is 13.9. The van der Waals surface area contributed by atoms with Crippen LogP contribution in [0, 0.1) is 5.82 Å². The van der Waals surface area contributed by atoms with Crippen molar-refractivity contribution in [3.63, 3.8) is 0 Å². The van der Waals surface area contributed by atoms with E-state index in [0.29, 0.717) is 33.0 Å². The number of nitrogens with one attached hydrogen (secondary N) is 1. The number of benzene rings is 2. The van der Waals surface area contributed by atoms with Crippen LogP contribution in [0.4, 0.5) is 10.1 Å². The highest BCUT2D eigenvalue weighted by molar-refractivity contribution is 6.30. The number of halogens is 2. The molecular weight excluding hydrogens is 435 g/mol. The summed E-state index contributed by atoms with van der Waals surface area (Å²) in [4.78, 5) is 25.8. The van der Waals surface area contributed by atoms with E-state index in [1.807, 2.05) is 0 Å². The Bertz CT molecular complexity index is 1250. The van der Waals surface area contributed by atoms with Crippen LogP contribution in [0.5, 0.6) is 5.75 Å². The van der Waals surface area contributed by atoms with E-state index in [9.17, 15) is 14.0 Å². The molecule has 32 heavy (non-hydrogen) atoms. The zero-order chi connectivity index (χ0) is 22.8. The van der Waals surface area contributed by atoms with Gasteiger partial charge in [-0.2, -0.15) is 0 Å². The summed E-state index contributed by atoms with van der Waals surface area (Å²) in [5, 5.41) is 3.33. The van der Waals surface area contributed by atoms with Crippen molar-refractivity contribution in [2.45, 2.75) is 6.92 Å². The third-order valence-corrected chi connectivity index (χ3v) is 5.24. The van der Waals surface area contributed by atoms with E-state index in [1.54, 1.807) is 61.1 Å². The molecule has 0 radical (unpaired) electrons. The van der Waals surface area contributed by atoms with Crippen LogP contribution in [0.3, 0.4) is 0 Å². The largest absolute Gasteiger partial charge is 0.488 e. The lowest BCUT2D eigenvalue weighted by Crippen LogP contribution is -2.23. The van der Waals surface area contributed by atoms with Crippen LogP contribution in [0.1, 0.15) is 23.0 Å². The molecule has 0 aliphatic carbocycles. The molecule has 0 atom stereocenters. The quantitative estimate of drug-likeness (QED) is 0.546. The number of hydrogen-bond donors (Lipinski definition) is 1. The Morgan fingerprint density at radius 1 is 1.25 bits per heavy atom. The number of aryl methyl sites for hydroxylation is 1. The zero-order valence-corrected chi connectivity index (χ0v) is 18.2. The summed E-state index contributed by atoms with van der Waals surface area (Å²) < 4.78 is 26.3. The Hall–Kier alpha value is -3.58. The molecule has 1 aliphatic heterocycles. The van der Waals surface area contributed by atoms with Crippen LogP contribution in [-0.2, 0) is 16.6 Å². The van der Waals surface area contributed by atoms with Gasteiger partial charge in [-0.25, -0.2) is 9.18 Å². The molecule has 164 valence electrons. The standard InChI is InChI=1S/C24H20ClFN2O4/c1-3-31-24(30)22-21(19(12-28(22)2)14-5-4-6-18(26)11-14)27-23(29)16-9-15-10-17(25)7-8-20(15)32-13-16/h4-12H,3,13H2,1-2H3,(H,27,29). The topological polar surface area (TPSA) is 69.6 Å². The van der Waals surface area contributed by atoms with E-state index in [1.165, 1.54) is 12.1 Å². The Kier molecular flexibility index (Phi) is 6.01. The summed E-state index contributed by atoms with van der Waals surface area (Å²) in [6.45, 7) is 1.92. The number of fused-ring (bicyclic) bond motifs is 1. The van der Waals surface area contributed by atoms with Gasteiger partial charge in [0.05, 0.1) is 17.9 Å². The number of aromatic nitrogens is 1. The fourth-order valence-electron chi connectivity index (χ4n) is 3.55. The molecule has 0 bridgehead atoms. The number of amides is 1. The van der Waals surface area contributed by atoms with E-state index >= 15 is 0 Å². The van der Waals surface area contributed by atoms with Crippen LogP contribution in [-0.4, -0.2) is 29.7 Å². The summed E-state index contributed by atoms with van der Waals surface area (Å²) in [6, 6.07) is 11.1. The Balaban J connectivity index is 1.75. The van der Waals surface area contributed by atoms with Crippen LogP contribution in [0.25, 0.3) is 17.2 Å². The number of anilines is 1. The molecule has 0 unspecified atom stereocenters. The summed E-state index contributed by atoms with van der Waals surface area (Å²) in [7, 11) is 1.66. The molecule has 0 saturated carbocycles. The third-order valence-electron chi connectivity index (χ3n) is 5.00. The number of esters is 1. The van der Waals surface area contributed by atoms with Gasteiger partial charge in [0, 0.05) is 29.4 Å². The maximum Gasteiger partial charge on any atom is 0.357 e. The second kappa shape index (κ2) is 8.88. The second-order valence-electron chi connectivity index (χ2n) is 7.20. The molecular formula is C24H20ClFN2O4. The first kappa shape index (κ1) is 21.6. The first-order valence-electron chi connectivity index (χ1n) is 9.94. The summed E-state index contributed by atoms with van der Waals surface area (Å²) >= 11 is 6.05. The number of carbonyl (C=O) groups excluding carboxylic acids is 2. The SMILES string of the molecule is CCOC(=O)c1c(NC(=O)C2=Cc3cc(Cl)ccc3OC2)c(-c2cccc(F)c2)cn1C. The van der Waals surface area contributed by atoms with Crippen molar-refractivity contribution in [3.05, 3.63) is 76.3 Å². The summed E-state index contributed by atoms with van der Waals surface area (Å²) in [5.74, 6) is -0.861. The van der Waals surface area contributed by atoms with Gasteiger partial charge >= 0.3 is 5.97 Å². The van der Waals surface area contributed by atoms with Crippen molar-refractivity contribution >= 4 is 35.2 Å². The highest BCUT2D eigenvalue weighted by Crippen LogP contribution is 2.35. The van der Waals surface area contributed by atoms with Crippen molar-refractivity contribution in [3.8, 4) is 16.9 Å². The summed E-state index contributed by atoms with van der Waals surface area (Å²) in [5.41, 5.74) is 2.42. The highest BCUT2D eigenvalue weighted by atomic mass is 35.5. The predicted octanol–water partition coefficient (Wildman–Crippen LogP) is 5.08. The van der Waals surface area contributed by atoms with Crippen molar-refractivity contribution in [1.82, 2.24) is 4.57 Å². The monoisotopic (exact) mass is 454 g/mol. The molecule has 1 aromatic heterocycles. The van der Waals surface area contributed by atoms with Gasteiger partial charge in [-0.1, -0.05) is 23.7 Å². The van der Waals surface area contributed by atoms with Crippen LogP contribution >= 0.6 is 11.6 Å². The molecule has 2 aromatic carbocycles. The van der Waals surface area contributed by atoms with Gasteiger partial charge < -0.3 is 19.4 Å². The van der Waals surface area contributed by atoms with Gasteiger partial charge in [0.15, 0.2) is 5.69 Å². The average Bonchev–Trinajstić information content (AvgIpc) is 3.09. The minimum absolute atomic E-state index is 0.0529. The van der Waals surface area contributed by atoms with Crippen LogP contribution < -0.4 is 10.1 Å². The normalized spacial score (nSPS) is 12.4. The molecule has 2 heterocycles. The first-order chi connectivity index (χ1) is 15.4. The molecule has 1 amide bonds. The lowest BCUT2D eigenvalue weighted by atomic mass is 10.0. The highest BCUT2D eigenvalue weighted by Gasteiger charge is 2.26. The fraction of sp³-hybridized carbons (Fsp3) is 0.167. The molecule has 6 nitrogen and oxygen atoms in total. The number of rotatable bonds is 5. The lowest BCUT2D eigenvalue weighted by Gasteiger charge is -2.18. The Morgan fingerprint density at radius 3 is 2.81 bits per heavy atom. The van der Waals surface area contributed by atoms with Gasteiger partial charge in [0.1, 0.15) is 18.2 Å². The Morgan fingerprint density at radius 2 is 2.06 bits per heavy atom. The van der Waals surface area contributed by atoms with Gasteiger partial charge in [-0.15, -0.1) is 0 Å². The first-order valence-corrected chi connectivity index (χ1v) is 10.3. The number of carbonyl (C=O) groups is 2. The molecule has 0 saturated heterocycles. The van der Waals surface area contributed by atoms with Gasteiger partial charge in [-0.05, 0) is 48.9 Å². The molecule has 1 N–H and O–H groups in total. The third kappa shape index (κ3) is 4.24. The molecule has 8 heteroatoms. The average molecular weight is 455 g/mol. The number of nitrogens with zero attached hydrogens (tertiary/aromatic N) is 1. The van der Waals surface area contributed by atoms with E-state index in [2.05, 4.69) is 5.32 Å². The van der Waals surface area contributed by atoms with Crippen LogP contribution in [0.2, 0.25) is 5.02 Å². The van der Waals surface area contributed by atoms with Crippen molar-refractivity contribution in [2.75, 3.05) is 18.5 Å². The fourth-order valence-corrected chi connectivity index (χ4v) is 3.73. The van der Waals surface area contributed by atoms with E-state index in [4.69, 9.17) is 21.1 Å². The molecule has 0 fully saturated rings.